The summed E-state index contributed by atoms with van der Waals surface area (Å²) in [5.74, 6) is 0.550. The molecule has 0 unspecified atom stereocenters. The van der Waals surface area contributed by atoms with Gasteiger partial charge in [0.15, 0.2) is 0 Å². The van der Waals surface area contributed by atoms with Crippen molar-refractivity contribution in [3.63, 3.8) is 0 Å². The van der Waals surface area contributed by atoms with E-state index in [4.69, 9.17) is 17.0 Å². The molecule has 0 N–H and O–H groups in total. The number of rotatable bonds is 5. The van der Waals surface area contributed by atoms with E-state index >= 15 is 0 Å². The molecular weight excluding hydrogens is 416 g/mol. The van der Waals surface area contributed by atoms with Gasteiger partial charge in [-0.3, -0.25) is 14.5 Å². The number of thiocarbonyl (C=S) groups is 1. The molecular formula is C23H22N2O3S2. The molecule has 2 aliphatic heterocycles. The number of thioether (sulfide) groups is 1. The minimum Gasteiger partial charge on any atom is -0.496 e. The van der Waals surface area contributed by atoms with Gasteiger partial charge in [-0.2, -0.15) is 0 Å². The van der Waals surface area contributed by atoms with Crippen LogP contribution in [0.2, 0.25) is 0 Å². The molecule has 0 bridgehead atoms. The van der Waals surface area contributed by atoms with Crippen LogP contribution in [-0.2, 0) is 16.0 Å². The van der Waals surface area contributed by atoms with Gasteiger partial charge in [-0.1, -0.05) is 60.4 Å². The number of carbonyl (C=O) groups excluding carboxylic acids is 2. The van der Waals surface area contributed by atoms with E-state index in [-0.39, 0.29) is 24.8 Å². The number of anilines is 1. The van der Waals surface area contributed by atoms with Crippen LogP contribution in [0.1, 0.15) is 24.0 Å². The first-order chi connectivity index (χ1) is 14.6. The number of carbonyl (C=O) groups is 2. The predicted molar refractivity (Wildman–Crippen MR) is 125 cm³/mol. The van der Waals surface area contributed by atoms with Crippen LogP contribution in [0.25, 0.3) is 6.08 Å². The quantitative estimate of drug-likeness (QED) is 0.516. The molecule has 7 heteroatoms. The van der Waals surface area contributed by atoms with Crippen LogP contribution in [-0.4, -0.2) is 41.2 Å². The third kappa shape index (κ3) is 4.13. The van der Waals surface area contributed by atoms with Crippen molar-refractivity contribution in [1.82, 2.24) is 4.90 Å². The van der Waals surface area contributed by atoms with E-state index in [1.807, 2.05) is 47.4 Å². The molecule has 5 nitrogen and oxygen atoms in total. The first kappa shape index (κ1) is 20.6. The van der Waals surface area contributed by atoms with E-state index in [9.17, 15) is 9.59 Å². The maximum absolute atomic E-state index is 12.9. The maximum atomic E-state index is 12.9. The predicted octanol–water partition coefficient (Wildman–Crippen LogP) is 4.27. The molecule has 2 aromatic carbocycles. The van der Waals surface area contributed by atoms with Crippen LogP contribution in [0.3, 0.4) is 0 Å². The Kier molecular flexibility index (Phi) is 6.20. The van der Waals surface area contributed by atoms with Crippen molar-refractivity contribution in [3.05, 3.63) is 64.6 Å². The zero-order valence-electron chi connectivity index (χ0n) is 16.7. The molecule has 2 amide bonds. The molecule has 2 aromatic rings. The third-order valence-corrected chi connectivity index (χ3v) is 6.64. The number of hydrogen-bond donors (Lipinski definition) is 0. The summed E-state index contributed by atoms with van der Waals surface area (Å²) in [5, 5.41) is 0. The average Bonchev–Trinajstić information content (AvgIpc) is 3.04. The fraction of sp³-hybridized carbons (Fsp3) is 0.261. The molecule has 0 spiro atoms. The Morgan fingerprint density at radius 3 is 2.80 bits per heavy atom. The second-order valence-corrected chi connectivity index (χ2v) is 8.78. The smallest absolute Gasteiger partial charge is 0.266 e. The highest BCUT2D eigenvalue weighted by Crippen LogP contribution is 2.34. The summed E-state index contributed by atoms with van der Waals surface area (Å²) in [7, 11) is 1.60. The summed E-state index contributed by atoms with van der Waals surface area (Å²) in [5.41, 5.74) is 3.00. The second-order valence-electron chi connectivity index (χ2n) is 7.10. The SMILES string of the molecule is COc1ccccc1/C=C1\SC(=S)N(CCC(=O)N2CCCc3ccccc32)C1=O. The van der Waals surface area contributed by atoms with Gasteiger partial charge in [0.1, 0.15) is 10.1 Å². The molecule has 0 saturated carbocycles. The van der Waals surface area contributed by atoms with Crippen molar-refractivity contribution in [2.24, 2.45) is 0 Å². The number of amides is 2. The van der Waals surface area contributed by atoms with E-state index in [0.29, 0.717) is 21.5 Å². The van der Waals surface area contributed by atoms with E-state index < -0.39 is 0 Å². The first-order valence-corrected chi connectivity index (χ1v) is 11.1. The topological polar surface area (TPSA) is 49.9 Å². The van der Waals surface area contributed by atoms with Crippen molar-refractivity contribution in [2.75, 3.05) is 25.1 Å². The normalized spacial score (nSPS) is 17.4. The first-order valence-electron chi connectivity index (χ1n) is 9.85. The zero-order chi connectivity index (χ0) is 21.1. The van der Waals surface area contributed by atoms with Crippen molar-refractivity contribution < 1.29 is 14.3 Å². The van der Waals surface area contributed by atoms with Crippen LogP contribution in [0.5, 0.6) is 5.75 Å². The van der Waals surface area contributed by atoms with E-state index in [2.05, 4.69) is 6.07 Å². The van der Waals surface area contributed by atoms with Gasteiger partial charge < -0.3 is 9.64 Å². The Morgan fingerprint density at radius 1 is 1.20 bits per heavy atom. The molecule has 4 rings (SSSR count). The minimum atomic E-state index is -0.164. The molecule has 0 aromatic heterocycles. The standard InChI is InChI=1S/C23H22N2O3S2/c1-28-19-11-5-3-8-17(19)15-20-22(27)25(23(29)30-20)14-12-21(26)24-13-6-9-16-7-2-4-10-18(16)24/h2-5,7-8,10-11,15H,6,9,12-14H2,1H3/b20-15-. The Labute approximate surface area is 185 Å². The van der Waals surface area contributed by atoms with Gasteiger partial charge in [0.2, 0.25) is 5.91 Å². The largest absolute Gasteiger partial charge is 0.496 e. The monoisotopic (exact) mass is 438 g/mol. The highest BCUT2D eigenvalue weighted by atomic mass is 32.2. The number of aryl methyl sites for hydroxylation is 1. The summed E-state index contributed by atoms with van der Waals surface area (Å²) in [6, 6.07) is 15.5. The van der Waals surface area contributed by atoms with Gasteiger partial charge in [0.05, 0.1) is 12.0 Å². The maximum Gasteiger partial charge on any atom is 0.266 e. The number of nitrogens with zero attached hydrogens (tertiary/aromatic N) is 2. The van der Waals surface area contributed by atoms with Crippen LogP contribution in [0, 0.1) is 0 Å². The summed E-state index contributed by atoms with van der Waals surface area (Å²) < 4.78 is 5.84. The Hall–Kier alpha value is -2.64. The number of fused-ring (bicyclic) bond motifs is 1. The Bertz CT molecular complexity index is 1030. The molecule has 0 atom stereocenters. The molecule has 2 aliphatic rings. The lowest BCUT2D eigenvalue weighted by Gasteiger charge is -2.30. The van der Waals surface area contributed by atoms with Crippen molar-refractivity contribution >= 4 is 51.9 Å². The molecule has 30 heavy (non-hydrogen) atoms. The van der Waals surface area contributed by atoms with Crippen LogP contribution >= 0.6 is 24.0 Å². The average molecular weight is 439 g/mol. The van der Waals surface area contributed by atoms with E-state index in [0.717, 1.165) is 24.1 Å². The van der Waals surface area contributed by atoms with Crippen molar-refractivity contribution in [3.8, 4) is 5.75 Å². The molecule has 154 valence electrons. The van der Waals surface area contributed by atoms with E-state index in [1.165, 1.54) is 22.2 Å². The zero-order valence-corrected chi connectivity index (χ0v) is 18.3. The molecule has 1 saturated heterocycles. The number of benzene rings is 2. The van der Waals surface area contributed by atoms with Gasteiger partial charge in [-0.15, -0.1) is 0 Å². The summed E-state index contributed by atoms with van der Waals surface area (Å²) in [4.78, 5) is 29.7. The molecule has 2 heterocycles. The van der Waals surface area contributed by atoms with Gasteiger partial charge >= 0.3 is 0 Å². The number of methoxy groups -OCH3 is 1. The Balaban J connectivity index is 1.45. The van der Waals surface area contributed by atoms with Crippen molar-refractivity contribution in [2.45, 2.75) is 19.3 Å². The van der Waals surface area contributed by atoms with Gasteiger partial charge in [0.25, 0.3) is 5.91 Å². The molecule has 0 aliphatic carbocycles. The molecule has 0 radical (unpaired) electrons. The highest BCUT2D eigenvalue weighted by Gasteiger charge is 2.33. The number of hydrogen-bond acceptors (Lipinski definition) is 5. The van der Waals surface area contributed by atoms with Crippen LogP contribution < -0.4 is 9.64 Å². The minimum absolute atomic E-state index is 0.0184. The van der Waals surface area contributed by atoms with E-state index in [1.54, 1.807) is 13.2 Å². The van der Waals surface area contributed by atoms with Gasteiger partial charge in [-0.05, 0) is 36.6 Å². The lowest BCUT2D eigenvalue weighted by atomic mass is 10.0. The van der Waals surface area contributed by atoms with Gasteiger partial charge in [-0.25, -0.2) is 0 Å². The number of ether oxygens (including phenoxy) is 1. The number of para-hydroxylation sites is 2. The summed E-state index contributed by atoms with van der Waals surface area (Å²) in [6.07, 6.45) is 3.97. The molecule has 1 fully saturated rings. The second kappa shape index (κ2) is 9.02. The third-order valence-electron chi connectivity index (χ3n) is 5.26. The van der Waals surface area contributed by atoms with Gasteiger partial charge in [0, 0.05) is 30.8 Å². The highest BCUT2D eigenvalue weighted by molar-refractivity contribution is 8.26. The lowest BCUT2D eigenvalue weighted by molar-refractivity contribution is -0.123. The lowest BCUT2D eigenvalue weighted by Crippen LogP contribution is -2.38. The fourth-order valence-corrected chi connectivity index (χ4v) is 5.05. The Morgan fingerprint density at radius 2 is 1.97 bits per heavy atom. The summed E-state index contributed by atoms with van der Waals surface area (Å²) >= 11 is 6.67. The fourth-order valence-electron chi connectivity index (χ4n) is 3.75. The van der Waals surface area contributed by atoms with Crippen LogP contribution in [0.4, 0.5) is 5.69 Å². The summed E-state index contributed by atoms with van der Waals surface area (Å²) in [6.45, 7) is 0.993. The van der Waals surface area contributed by atoms with Crippen LogP contribution in [0.15, 0.2) is 53.4 Å². The van der Waals surface area contributed by atoms with Crippen molar-refractivity contribution in [1.29, 1.82) is 0 Å².